The Bertz CT molecular complexity index is 742. The van der Waals surface area contributed by atoms with Crippen molar-refractivity contribution in [2.45, 2.75) is 32.9 Å². The van der Waals surface area contributed by atoms with Crippen molar-refractivity contribution in [3.63, 3.8) is 0 Å². The van der Waals surface area contributed by atoms with E-state index in [2.05, 4.69) is 17.2 Å². The number of imide groups is 1. The van der Waals surface area contributed by atoms with Crippen LogP contribution in [0.1, 0.15) is 26.3 Å². The number of benzene rings is 1. The maximum absolute atomic E-state index is 11.9. The molecule has 3 amide bonds. The van der Waals surface area contributed by atoms with Gasteiger partial charge in [0.2, 0.25) is 0 Å². The van der Waals surface area contributed by atoms with Crippen molar-refractivity contribution in [3.8, 4) is 11.5 Å². The van der Waals surface area contributed by atoms with E-state index < -0.39 is 24.0 Å². The number of hydrogen-bond donors (Lipinski definition) is 2. The van der Waals surface area contributed by atoms with E-state index in [1.807, 2.05) is 0 Å². The summed E-state index contributed by atoms with van der Waals surface area (Å²) < 4.78 is 15.7. The Hall–Kier alpha value is -3.29. The van der Waals surface area contributed by atoms with Crippen molar-refractivity contribution in [2.75, 3.05) is 13.7 Å². The molecule has 0 bridgehead atoms. The van der Waals surface area contributed by atoms with Crippen molar-refractivity contribution in [1.29, 1.82) is 0 Å². The van der Waals surface area contributed by atoms with Gasteiger partial charge in [0, 0.05) is 12.1 Å². The summed E-state index contributed by atoms with van der Waals surface area (Å²) in [5.41, 5.74) is 0.674. The van der Waals surface area contributed by atoms with Crippen LogP contribution in [-0.4, -0.2) is 43.8 Å². The van der Waals surface area contributed by atoms with E-state index in [0.29, 0.717) is 23.7 Å². The molecule has 8 nitrogen and oxygen atoms in total. The molecule has 1 aromatic rings. The van der Waals surface area contributed by atoms with Crippen LogP contribution in [0, 0.1) is 0 Å². The molecule has 0 spiro atoms. The Balaban J connectivity index is 2.64. The Labute approximate surface area is 164 Å². The van der Waals surface area contributed by atoms with Crippen LogP contribution in [0.15, 0.2) is 36.9 Å². The maximum Gasteiger partial charge on any atom is 0.331 e. The van der Waals surface area contributed by atoms with Crippen molar-refractivity contribution < 1.29 is 28.6 Å². The van der Waals surface area contributed by atoms with E-state index in [1.54, 1.807) is 38.1 Å². The molecule has 0 aliphatic carbocycles. The molecule has 0 heterocycles. The molecule has 2 N–H and O–H groups in total. The summed E-state index contributed by atoms with van der Waals surface area (Å²) in [4.78, 5) is 35.2. The molecule has 0 saturated carbocycles. The van der Waals surface area contributed by atoms with Crippen molar-refractivity contribution in [2.24, 2.45) is 0 Å². The molecule has 0 radical (unpaired) electrons. The molecular formula is C20H26N2O6. The molecule has 0 aliphatic rings. The molecule has 8 heteroatoms. The quantitative estimate of drug-likeness (QED) is 0.381. The fourth-order valence-corrected chi connectivity index (χ4v) is 2.00. The molecule has 1 rings (SSSR count). The second-order valence-electron chi connectivity index (χ2n) is 6.04. The average Bonchev–Trinajstić information content (AvgIpc) is 2.64. The first kappa shape index (κ1) is 22.8. The highest BCUT2D eigenvalue weighted by atomic mass is 16.5. The smallest absolute Gasteiger partial charge is 0.331 e. The lowest BCUT2D eigenvalue weighted by Gasteiger charge is -2.13. The summed E-state index contributed by atoms with van der Waals surface area (Å²) in [6.07, 6.45) is 3.18. The molecule has 0 saturated heterocycles. The van der Waals surface area contributed by atoms with Crippen LogP contribution >= 0.6 is 0 Å². The topological polar surface area (TPSA) is 103 Å². The fraction of sp³-hybridized carbons (Fsp3) is 0.350. The van der Waals surface area contributed by atoms with Gasteiger partial charge in [-0.25, -0.2) is 9.59 Å². The number of nitrogens with one attached hydrogen (secondary N) is 2. The van der Waals surface area contributed by atoms with E-state index in [9.17, 15) is 14.4 Å². The third kappa shape index (κ3) is 7.94. The minimum atomic E-state index is -1.13. The first-order valence-electron chi connectivity index (χ1n) is 8.68. The fourth-order valence-electron chi connectivity index (χ4n) is 2.00. The summed E-state index contributed by atoms with van der Waals surface area (Å²) in [5.74, 6) is -0.392. The van der Waals surface area contributed by atoms with Gasteiger partial charge in [0.25, 0.3) is 5.91 Å². The van der Waals surface area contributed by atoms with E-state index in [4.69, 9.17) is 14.2 Å². The summed E-state index contributed by atoms with van der Waals surface area (Å²) in [5, 5.41) is 4.60. The van der Waals surface area contributed by atoms with Crippen molar-refractivity contribution >= 4 is 24.0 Å². The van der Waals surface area contributed by atoms with Crippen LogP contribution in [0.2, 0.25) is 0 Å². The van der Waals surface area contributed by atoms with Crippen LogP contribution < -0.4 is 20.1 Å². The Morgan fingerprint density at radius 2 is 1.89 bits per heavy atom. The first-order valence-corrected chi connectivity index (χ1v) is 8.68. The molecule has 152 valence electrons. The highest BCUT2D eigenvalue weighted by molar-refractivity contribution is 5.98. The number of urea groups is 1. The maximum atomic E-state index is 11.9. The Morgan fingerprint density at radius 1 is 1.18 bits per heavy atom. The largest absolute Gasteiger partial charge is 0.493 e. The third-order valence-corrected chi connectivity index (χ3v) is 3.27. The first-order chi connectivity index (χ1) is 13.3. The molecule has 0 fully saturated rings. The number of esters is 1. The van der Waals surface area contributed by atoms with Crippen LogP contribution in [0.3, 0.4) is 0 Å². The monoisotopic (exact) mass is 390 g/mol. The number of carbonyl (C=O) groups excluding carboxylic acids is 3. The molecule has 28 heavy (non-hydrogen) atoms. The molecule has 0 aromatic heterocycles. The van der Waals surface area contributed by atoms with Crippen molar-refractivity contribution in [1.82, 2.24) is 10.6 Å². The van der Waals surface area contributed by atoms with Gasteiger partial charge in [-0.1, -0.05) is 18.7 Å². The van der Waals surface area contributed by atoms with Crippen molar-refractivity contribution in [3.05, 3.63) is 42.5 Å². The lowest BCUT2D eigenvalue weighted by molar-refractivity contribution is -0.149. The van der Waals surface area contributed by atoms with E-state index in [0.717, 1.165) is 0 Å². The third-order valence-electron chi connectivity index (χ3n) is 3.27. The zero-order valence-corrected chi connectivity index (χ0v) is 16.5. The normalized spacial score (nSPS) is 11.6. The second-order valence-corrected chi connectivity index (χ2v) is 6.04. The van der Waals surface area contributed by atoms with Crippen LogP contribution in [-0.2, 0) is 14.3 Å². The van der Waals surface area contributed by atoms with Gasteiger partial charge >= 0.3 is 12.0 Å². The number of ether oxygens (including phenoxy) is 3. The minimum absolute atomic E-state index is 0.126. The lowest BCUT2D eigenvalue weighted by Crippen LogP contribution is -2.46. The molecule has 0 aliphatic heterocycles. The SMILES string of the molecule is C=CCOc1ccc(/C=C/C(=O)O[C@H](C)C(=O)NC(=O)NC(C)C)cc1OC. The van der Waals surface area contributed by atoms with Gasteiger partial charge in [-0.05, 0) is 44.5 Å². The van der Waals surface area contributed by atoms with Crippen LogP contribution in [0.5, 0.6) is 11.5 Å². The van der Waals surface area contributed by atoms with Crippen LogP contribution in [0.25, 0.3) is 6.08 Å². The summed E-state index contributed by atoms with van der Waals surface area (Å²) >= 11 is 0. The summed E-state index contributed by atoms with van der Waals surface area (Å²) in [7, 11) is 1.51. The predicted molar refractivity (Wildman–Crippen MR) is 105 cm³/mol. The van der Waals surface area contributed by atoms with Gasteiger partial charge < -0.3 is 19.5 Å². The number of hydrogen-bond acceptors (Lipinski definition) is 6. The van der Waals surface area contributed by atoms with E-state index in [1.165, 1.54) is 26.2 Å². The van der Waals surface area contributed by atoms with Gasteiger partial charge in [0.15, 0.2) is 17.6 Å². The highest BCUT2D eigenvalue weighted by Gasteiger charge is 2.19. The molecular weight excluding hydrogens is 364 g/mol. The van der Waals surface area contributed by atoms with Gasteiger partial charge in [-0.3, -0.25) is 10.1 Å². The number of carbonyl (C=O) groups is 3. The zero-order valence-electron chi connectivity index (χ0n) is 16.5. The van der Waals surface area contributed by atoms with E-state index in [-0.39, 0.29) is 6.04 Å². The predicted octanol–water partition coefficient (Wildman–Crippen LogP) is 2.44. The zero-order chi connectivity index (χ0) is 21.1. The second kappa shape index (κ2) is 11.4. The van der Waals surface area contributed by atoms with Gasteiger partial charge in [0.05, 0.1) is 7.11 Å². The van der Waals surface area contributed by atoms with Gasteiger partial charge in [-0.2, -0.15) is 0 Å². The average molecular weight is 390 g/mol. The van der Waals surface area contributed by atoms with Gasteiger partial charge in [0.1, 0.15) is 6.61 Å². The standard InChI is InChI=1S/C20H26N2O6/c1-6-11-27-16-9-7-15(12-17(16)26-5)8-10-18(23)28-14(4)19(24)22-20(25)21-13(2)3/h6-10,12-14H,1,11H2,2-5H3,(H2,21,22,24,25)/b10-8+/t14-/m1/s1. The minimum Gasteiger partial charge on any atom is -0.493 e. The summed E-state index contributed by atoms with van der Waals surface area (Å²) in [6, 6.07) is 4.35. The summed E-state index contributed by atoms with van der Waals surface area (Å²) in [6.45, 7) is 8.81. The van der Waals surface area contributed by atoms with E-state index >= 15 is 0 Å². The van der Waals surface area contributed by atoms with Crippen LogP contribution in [0.4, 0.5) is 4.79 Å². The Morgan fingerprint density at radius 3 is 2.50 bits per heavy atom. The van der Waals surface area contributed by atoms with Gasteiger partial charge in [-0.15, -0.1) is 0 Å². The Kier molecular flexibility index (Phi) is 9.29. The number of methoxy groups -OCH3 is 1. The molecule has 0 unspecified atom stereocenters. The highest BCUT2D eigenvalue weighted by Crippen LogP contribution is 2.28. The number of rotatable bonds is 9. The number of amides is 3. The molecule has 1 atom stereocenters. The molecule has 1 aromatic carbocycles. The lowest BCUT2D eigenvalue weighted by atomic mass is 10.2.